The second-order valence-corrected chi connectivity index (χ2v) is 6.10. The molecule has 0 unspecified atom stereocenters. The topological polar surface area (TPSA) is 56.2 Å². The lowest BCUT2D eigenvalue weighted by atomic mass is 10.2. The molecule has 21 heavy (non-hydrogen) atoms. The summed E-state index contributed by atoms with van der Waals surface area (Å²) in [6.45, 7) is 0. The molecule has 0 radical (unpaired) electrons. The van der Waals surface area contributed by atoms with Gasteiger partial charge in [-0.05, 0) is 30.3 Å². The Balaban J connectivity index is 1.92. The van der Waals surface area contributed by atoms with Crippen molar-refractivity contribution in [2.75, 3.05) is 0 Å². The van der Waals surface area contributed by atoms with E-state index in [2.05, 4.69) is 31.2 Å². The fraction of sp³-hybridized carbons (Fsp3) is 0. The zero-order valence-corrected chi connectivity index (χ0v) is 12.7. The first-order valence-electron chi connectivity index (χ1n) is 5.94. The lowest BCUT2D eigenvalue weighted by Gasteiger charge is -2.00. The lowest BCUT2D eigenvalue weighted by Crippen LogP contribution is -1.93. The molecule has 5 nitrogen and oxygen atoms in total. The Hall–Kier alpha value is -2.06. The minimum Gasteiger partial charge on any atom is -0.462 e. The highest BCUT2D eigenvalue weighted by Gasteiger charge is 2.18. The van der Waals surface area contributed by atoms with E-state index in [4.69, 9.17) is 4.42 Å². The van der Waals surface area contributed by atoms with E-state index in [1.807, 2.05) is 6.07 Å². The smallest absolute Gasteiger partial charge is 0.235 e. The third-order valence-corrected chi connectivity index (χ3v) is 4.30. The fourth-order valence-corrected chi connectivity index (χ4v) is 3.12. The van der Waals surface area contributed by atoms with Crippen molar-refractivity contribution < 1.29 is 8.81 Å². The maximum absolute atomic E-state index is 14.0. The number of benzene rings is 1. The number of rotatable bonds is 2. The first-order chi connectivity index (χ1) is 10.2. The second-order valence-electron chi connectivity index (χ2n) is 4.23. The largest absolute Gasteiger partial charge is 0.462 e. The molecular weight excluding hydrogens is 359 g/mol. The van der Waals surface area contributed by atoms with Gasteiger partial charge in [0.15, 0.2) is 16.6 Å². The average molecular weight is 365 g/mol. The van der Waals surface area contributed by atoms with E-state index in [0.29, 0.717) is 27.1 Å². The summed E-state index contributed by atoms with van der Waals surface area (Å²) in [4.78, 5) is 0.579. The first kappa shape index (κ1) is 12.7. The molecule has 104 valence electrons. The van der Waals surface area contributed by atoms with Crippen LogP contribution in [0.25, 0.3) is 27.1 Å². The monoisotopic (exact) mass is 364 g/mol. The van der Waals surface area contributed by atoms with Crippen LogP contribution in [0, 0.1) is 5.82 Å². The van der Waals surface area contributed by atoms with Crippen LogP contribution in [0.1, 0.15) is 0 Å². The van der Waals surface area contributed by atoms with Gasteiger partial charge in [0.25, 0.3) is 0 Å². The van der Waals surface area contributed by atoms with Gasteiger partial charge in [0.1, 0.15) is 5.82 Å². The van der Waals surface area contributed by atoms with Crippen LogP contribution in [-0.4, -0.2) is 19.8 Å². The van der Waals surface area contributed by atoms with Crippen molar-refractivity contribution in [2.45, 2.75) is 0 Å². The van der Waals surface area contributed by atoms with Gasteiger partial charge in [-0.3, -0.25) is 0 Å². The van der Waals surface area contributed by atoms with Crippen molar-refractivity contribution >= 4 is 32.2 Å². The Morgan fingerprint density at radius 3 is 2.95 bits per heavy atom. The van der Waals surface area contributed by atoms with Crippen molar-refractivity contribution in [1.82, 2.24) is 19.8 Å². The summed E-state index contributed by atoms with van der Waals surface area (Å²) in [5.41, 5.74) is 0.341. The molecule has 0 atom stereocenters. The standard InChI is InChI=1S/C13H6BrFN4OS/c14-7-3-4-9(15)8(6-7)11-16-17-13-19(11)18-12(21-13)10-2-1-5-20-10/h1-6H. The number of hydrogen-bond donors (Lipinski definition) is 0. The molecule has 0 aliphatic carbocycles. The van der Waals surface area contributed by atoms with Gasteiger partial charge in [0, 0.05) is 4.47 Å². The van der Waals surface area contributed by atoms with Gasteiger partial charge in [0.05, 0.1) is 11.8 Å². The third-order valence-electron chi connectivity index (χ3n) is 2.89. The van der Waals surface area contributed by atoms with Crippen molar-refractivity contribution in [3.63, 3.8) is 0 Å². The van der Waals surface area contributed by atoms with Crippen LogP contribution in [0.5, 0.6) is 0 Å². The quantitative estimate of drug-likeness (QED) is 0.539. The summed E-state index contributed by atoms with van der Waals surface area (Å²) in [7, 11) is 0. The van der Waals surface area contributed by atoms with Gasteiger partial charge in [-0.2, -0.15) is 4.52 Å². The Morgan fingerprint density at radius 2 is 2.14 bits per heavy atom. The SMILES string of the molecule is Fc1ccc(Br)cc1-c1nnc2sc(-c3ccco3)nn12. The Morgan fingerprint density at radius 1 is 1.24 bits per heavy atom. The number of hydrogen-bond acceptors (Lipinski definition) is 5. The highest BCUT2D eigenvalue weighted by Crippen LogP contribution is 2.30. The van der Waals surface area contributed by atoms with Gasteiger partial charge in [0.2, 0.25) is 4.96 Å². The molecule has 0 saturated heterocycles. The van der Waals surface area contributed by atoms with Crippen LogP contribution < -0.4 is 0 Å². The fourth-order valence-electron chi connectivity index (χ4n) is 1.95. The van der Waals surface area contributed by atoms with Crippen LogP contribution in [0.2, 0.25) is 0 Å². The molecule has 4 aromatic rings. The van der Waals surface area contributed by atoms with Gasteiger partial charge in [-0.15, -0.1) is 15.3 Å². The maximum Gasteiger partial charge on any atom is 0.235 e. The Labute approximate surface area is 130 Å². The molecule has 3 aromatic heterocycles. The molecule has 0 aliphatic heterocycles. The van der Waals surface area contributed by atoms with Crippen LogP contribution in [-0.2, 0) is 0 Å². The second kappa shape index (κ2) is 4.74. The molecule has 1 aromatic carbocycles. The molecule has 0 bridgehead atoms. The molecule has 0 N–H and O–H groups in total. The molecule has 8 heteroatoms. The number of furan rings is 1. The van der Waals surface area contributed by atoms with Gasteiger partial charge < -0.3 is 4.42 Å². The Kier molecular flexibility index (Phi) is 2.86. The molecule has 4 rings (SSSR count). The van der Waals surface area contributed by atoms with Gasteiger partial charge >= 0.3 is 0 Å². The summed E-state index contributed by atoms with van der Waals surface area (Å²) in [5, 5.41) is 13.1. The van der Waals surface area contributed by atoms with Gasteiger partial charge in [-0.1, -0.05) is 27.3 Å². The van der Waals surface area contributed by atoms with E-state index in [0.717, 1.165) is 4.47 Å². The number of fused-ring (bicyclic) bond motifs is 1. The van der Waals surface area contributed by atoms with Crippen molar-refractivity contribution in [2.24, 2.45) is 0 Å². The van der Waals surface area contributed by atoms with Crippen LogP contribution in [0.15, 0.2) is 45.5 Å². The van der Waals surface area contributed by atoms with Crippen molar-refractivity contribution in [3.8, 4) is 22.2 Å². The summed E-state index contributed by atoms with van der Waals surface area (Å²) in [5.74, 6) is 0.629. The summed E-state index contributed by atoms with van der Waals surface area (Å²) in [6.07, 6.45) is 1.58. The van der Waals surface area contributed by atoms with E-state index in [1.54, 1.807) is 24.5 Å². The Bertz CT molecular complexity index is 931. The number of nitrogens with zero attached hydrogens (tertiary/aromatic N) is 4. The normalized spacial score (nSPS) is 11.3. The van der Waals surface area contributed by atoms with Crippen LogP contribution >= 0.6 is 27.3 Å². The van der Waals surface area contributed by atoms with Crippen LogP contribution in [0.3, 0.4) is 0 Å². The molecule has 0 fully saturated rings. The maximum atomic E-state index is 14.0. The average Bonchev–Trinajstić information content (AvgIpc) is 3.15. The van der Waals surface area contributed by atoms with E-state index in [9.17, 15) is 4.39 Å². The predicted octanol–water partition coefficient (Wildman–Crippen LogP) is 4.01. The molecular formula is C13H6BrFN4OS. The zero-order chi connectivity index (χ0) is 14.4. The van der Waals surface area contributed by atoms with E-state index in [-0.39, 0.29) is 5.82 Å². The first-order valence-corrected chi connectivity index (χ1v) is 7.55. The minimum absolute atomic E-state index is 0.341. The summed E-state index contributed by atoms with van der Waals surface area (Å²) < 4.78 is 21.6. The molecule has 0 spiro atoms. The lowest BCUT2D eigenvalue weighted by molar-refractivity contribution is 0.580. The van der Waals surface area contributed by atoms with E-state index >= 15 is 0 Å². The predicted molar refractivity (Wildman–Crippen MR) is 79.5 cm³/mol. The molecule has 0 saturated carbocycles. The number of aromatic nitrogens is 4. The minimum atomic E-state index is -0.375. The van der Waals surface area contributed by atoms with Crippen LogP contribution in [0.4, 0.5) is 4.39 Å². The molecule has 0 aliphatic rings. The summed E-state index contributed by atoms with van der Waals surface area (Å²) >= 11 is 4.66. The van der Waals surface area contributed by atoms with E-state index in [1.165, 1.54) is 21.9 Å². The zero-order valence-electron chi connectivity index (χ0n) is 10.3. The summed E-state index contributed by atoms with van der Waals surface area (Å²) in [6, 6.07) is 8.25. The number of halogens is 2. The molecule has 0 amide bonds. The van der Waals surface area contributed by atoms with E-state index < -0.39 is 0 Å². The molecule has 3 heterocycles. The third kappa shape index (κ3) is 2.07. The van der Waals surface area contributed by atoms with Gasteiger partial charge in [-0.25, -0.2) is 4.39 Å². The van der Waals surface area contributed by atoms with Crippen molar-refractivity contribution in [3.05, 3.63) is 46.9 Å². The highest BCUT2D eigenvalue weighted by molar-refractivity contribution is 9.10. The van der Waals surface area contributed by atoms with Crippen molar-refractivity contribution in [1.29, 1.82) is 0 Å². The highest BCUT2D eigenvalue weighted by atomic mass is 79.9.